The first-order chi connectivity index (χ1) is 10.5. The molecule has 0 bridgehead atoms. The van der Waals surface area contributed by atoms with E-state index >= 15 is 0 Å². The van der Waals surface area contributed by atoms with Crippen molar-refractivity contribution in [2.75, 3.05) is 7.05 Å². The van der Waals surface area contributed by atoms with Gasteiger partial charge in [-0.15, -0.1) is 0 Å². The summed E-state index contributed by atoms with van der Waals surface area (Å²) in [4.78, 5) is 13.9. The van der Waals surface area contributed by atoms with Crippen molar-refractivity contribution in [2.45, 2.75) is 25.9 Å². The van der Waals surface area contributed by atoms with Gasteiger partial charge < -0.3 is 14.6 Å². The van der Waals surface area contributed by atoms with Crippen LogP contribution < -0.4 is 5.32 Å². The first-order valence-electron chi connectivity index (χ1n) is 7.01. The van der Waals surface area contributed by atoms with Crippen molar-refractivity contribution in [3.05, 3.63) is 57.4 Å². The molecule has 1 atom stereocenters. The standard InChI is InChI=1S/C16H18BrClN2O2/c1-3-14(11-4-6-12(18)7-5-11)19-16(21)20(2)10-13-8-9-15(17)22-13/h4-9,14H,3,10H2,1-2H3,(H,19,21). The van der Waals surface area contributed by atoms with E-state index in [2.05, 4.69) is 21.2 Å². The molecule has 2 amide bonds. The fourth-order valence-corrected chi connectivity index (χ4v) is 2.58. The van der Waals surface area contributed by atoms with Crippen molar-refractivity contribution < 1.29 is 9.21 Å². The predicted octanol–water partition coefficient (Wildman–Crippen LogP) is 4.99. The molecule has 0 saturated heterocycles. The molecule has 2 rings (SSSR count). The number of nitrogens with one attached hydrogen (secondary N) is 1. The van der Waals surface area contributed by atoms with Crippen molar-refractivity contribution in [3.8, 4) is 0 Å². The lowest BCUT2D eigenvalue weighted by molar-refractivity contribution is 0.198. The Balaban J connectivity index is 1.97. The zero-order chi connectivity index (χ0) is 16.1. The summed E-state index contributed by atoms with van der Waals surface area (Å²) in [5, 5.41) is 3.71. The van der Waals surface area contributed by atoms with Crippen LogP contribution in [0.15, 0.2) is 45.5 Å². The first-order valence-corrected chi connectivity index (χ1v) is 8.18. The Hall–Kier alpha value is -1.46. The van der Waals surface area contributed by atoms with E-state index in [9.17, 15) is 4.79 Å². The number of hydrogen-bond acceptors (Lipinski definition) is 2. The van der Waals surface area contributed by atoms with Crippen LogP contribution >= 0.6 is 27.5 Å². The van der Waals surface area contributed by atoms with Gasteiger partial charge in [0.15, 0.2) is 4.67 Å². The van der Waals surface area contributed by atoms with E-state index in [1.807, 2.05) is 43.3 Å². The molecule has 22 heavy (non-hydrogen) atoms. The largest absolute Gasteiger partial charge is 0.452 e. The van der Waals surface area contributed by atoms with E-state index in [0.29, 0.717) is 16.2 Å². The summed E-state index contributed by atoms with van der Waals surface area (Å²) in [5.74, 6) is 0.726. The molecule has 1 unspecified atom stereocenters. The Morgan fingerprint density at radius 3 is 2.55 bits per heavy atom. The van der Waals surface area contributed by atoms with Crippen LogP contribution in [0, 0.1) is 0 Å². The maximum atomic E-state index is 12.3. The molecule has 0 spiro atoms. The van der Waals surface area contributed by atoms with Gasteiger partial charge in [-0.05, 0) is 52.2 Å². The van der Waals surface area contributed by atoms with Gasteiger partial charge in [0.2, 0.25) is 0 Å². The Kier molecular flexibility index (Phi) is 5.91. The molecule has 2 aromatic rings. The first kappa shape index (κ1) is 16.9. The third-order valence-electron chi connectivity index (χ3n) is 3.35. The third-order valence-corrected chi connectivity index (χ3v) is 4.03. The van der Waals surface area contributed by atoms with Gasteiger partial charge in [-0.2, -0.15) is 0 Å². The summed E-state index contributed by atoms with van der Waals surface area (Å²) in [5.41, 5.74) is 1.04. The predicted molar refractivity (Wildman–Crippen MR) is 90.9 cm³/mol. The molecule has 6 heteroatoms. The highest BCUT2D eigenvalue weighted by Crippen LogP contribution is 2.20. The summed E-state index contributed by atoms with van der Waals surface area (Å²) in [6.07, 6.45) is 0.799. The van der Waals surface area contributed by atoms with E-state index in [0.717, 1.165) is 17.7 Å². The molecule has 0 aliphatic carbocycles. The lowest BCUT2D eigenvalue weighted by Gasteiger charge is -2.22. The summed E-state index contributed by atoms with van der Waals surface area (Å²) in [6.45, 7) is 2.44. The second-order valence-corrected chi connectivity index (χ2v) is 6.24. The van der Waals surface area contributed by atoms with E-state index < -0.39 is 0 Å². The van der Waals surface area contributed by atoms with E-state index in [-0.39, 0.29) is 12.1 Å². The Labute approximate surface area is 143 Å². The highest BCUT2D eigenvalue weighted by atomic mass is 79.9. The number of urea groups is 1. The zero-order valence-electron chi connectivity index (χ0n) is 12.5. The summed E-state index contributed by atoms with van der Waals surface area (Å²) >= 11 is 9.15. The molecule has 1 aromatic heterocycles. The monoisotopic (exact) mass is 384 g/mol. The minimum Gasteiger partial charge on any atom is -0.452 e. The smallest absolute Gasteiger partial charge is 0.318 e. The van der Waals surface area contributed by atoms with Crippen molar-refractivity contribution in [1.82, 2.24) is 10.2 Å². The normalized spacial score (nSPS) is 12.0. The molecular weight excluding hydrogens is 368 g/mol. The number of benzene rings is 1. The zero-order valence-corrected chi connectivity index (χ0v) is 14.8. The highest BCUT2D eigenvalue weighted by molar-refractivity contribution is 9.10. The second-order valence-electron chi connectivity index (χ2n) is 5.02. The van der Waals surface area contributed by atoms with E-state index in [4.69, 9.17) is 16.0 Å². The van der Waals surface area contributed by atoms with Gasteiger partial charge in [-0.3, -0.25) is 0 Å². The van der Waals surface area contributed by atoms with Crippen LogP contribution in [0.3, 0.4) is 0 Å². The van der Waals surface area contributed by atoms with Crippen molar-refractivity contribution in [2.24, 2.45) is 0 Å². The summed E-state index contributed by atoms with van der Waals surface area (Å²) in [6, 6.07) is 11.0. The molecular formula is C16H18BrClN2O2. The fourth-order valence-electron chi connectivity index (χ4n) is 2.12. The van der Waals surface area contributed by atoms with Crippen LogP contribution in [0.1, 0.15) is 30.7 Å². The summed E-state index contributed by atoms with van der Waals surface area (Å²) < 4.78 is 6.07. The quantitative estimate of drug-likeness (QED) is 0.788. The minimum absolute atomic E-state index is 0.0458. The van der Waals surface area contributed by atoms with Gasteiger partial charge in [-0.1, -0.05) is 30.7 Å². The van der Waals surface area contributed by atoms with E-state index in [1.54, 1.807) is 11.9 Å². The molecule has 0 saturated carbocycles. The Bertz CT molecular complexity index is 627. The maximum absolute atomic E-state index is 12.3. The van der Waals surface area contributed by atoms with Gasteiger partial charge in [0.1, 0.15) is 5.76 Å². The molecule has 0 aliphatic rings. The van der Waals surface area contributed by atoms with Gasteiger partial charge >= 0.3 is 6.03 Å². The van der Waals surface area contributed by atoms with Gasteiger partial charge in [0.05, 0.1) is 12.6 Å². The average molecular weight is 386 g/mol. The lowest BCUT2D eigenvalue weighted by atomic mass is 10.1. The number of carbonyl (C=O) groups is 1. The minimum atomic E-state index is -0.144. The number of hydrogen-bond donors (Lipinski definition) is 1. The molecule has 1 N–H and O–H groups in total. The molecule has 1 heterocycles. The molecule has 0 radical (unpaired) electrons. The third kappa shape index (κ3) is 4.52. The van der Waals surface area contributed by atoms with Crippen molar-refractivity contribution in [1.29, 1.82) is 0 Å². The van der Waals surface area contributed by atoms with Crippen molar-refractivity contribution >= 4 is 33.6 Å². The average Bonchev–Trinajstić information content (AvgIpc) is 2.90. The van der Waals surface area contributed by atoms with Crippen LogP contribution in [-0.2, 0) is 6.54 Å². The number of nitrogens with zero attached hydrogens (tertiary/aromatic N) is 1. The SMILES string of the molecule is CCC(NC(=O)N(C)Cc1ccc(Br)o1)c1ccc(Cl)cc1. The Morgan fingerprint density at radius 1 is 1.32 bits per heavy atom. The van der Waals surface area contributed by atoms with Crippen LogP contribution in [0.2, 0.25) is 5.02 Å². The number of rotatable bonds is 5. The number of carbonyl (C=O) groups excluding carboxylic acids is 1. The van der Waals surface area contributed by atoms with Crippen LogP contribution in [0.4, 0.5) is 4.79 Å². The highest BCUT2D eigenvalue weighted by Gasteiger charge is 2.16. The second kappa shape index (κ2) is 7.70. The Morgan fingerprint density at radius 2 is 2.00 bits per heavy atom. The van der Waals surface area contributed by atoms with Gasteiger partial charge in [0.25, 0.3) is 0 Å². The molecule has 118 valence electrons. The molecule has 4 nitrogen and oxygen atoms in total. The number of amides is 2. The van der Waals surface area contributed by atoms with Gasteiger partial charge in [-0.25, -0.2) is 4.79 Å². The van der Waals surface area contributed by atoms with Crippen LogP contribution in [0.25, 0.3) is 0 Å². The number of halogens is 2. The molecule has 1 aromatic carbocycles. The maximum Gasteiger partial charge on any atom is 0.318 e. The number of furan rings is 1. The summed E-state index contributed by atoms with van der Waals surface area (Å²) in [7, 11) is 1.74. The molecule has 0 fully saturated rings. The molecule has 0 aliphatic heterocycles. The van der Waals surface area contributed by atoms with Crippen LogP contribution in [-0.4, -0.2) is 18.0 Å². The van der Waals surface area contributed by atoms with E-state index in [1.165, 1.54) is 0 Å². The lowest BCUT2D eigenvalue weighted by Crippen LogP contribution is -2.38. The van der Waals surface area contributed by atoms with Gasteiger partial charge in [0, 0.05) is 12.1 Å². The van der Waals surface area contributed by atoms with Crippen LogP contribution in [0.5, 0.6) is 0 Å². The fraction of sp³-hybridized carbons (Fsp3) is 0.312. The topological polar surface area (TPSA) is 45.5 Å². The van der Waals surface area contributed by atoms with Crippen molar-refractivity contribution in [3.63, 3.8) is 0 Å².